The fraction of sp³-hybridized carbons (Fsp3) is 0.769. The minimum atomic E-state index is -6.21. The SMILES string of the molecule is C=C(C(=O)O)C(F)(F)C(F)(F)C(F)(F)C(F)CCCCCC. The first-order valence-corrected chi connectivity index (χ1v) is 6.54. The summed E-state index contributed by atoms with van der Waals surface area (Å²) in [6.07, 6.45) is -3.20. The van der Waals surface area contributed by atoms with Crippen molar-refractivity contribution in [2.24, 2.45) is 0 Å². The van der Waals surface area contributed by atoms with E-state index in [2.05, 4.69) is 6.58 Å². The van der Waals surface area contributed by atoms with E-state index in [1.807, 2.05) is 0 Å². The molecule has 9 heteroatoms. The van der Waals surface area contributed by atoms with Gasteiger partial charge in [-0.1, -0.05) is 39.2 Å². The zero-order valence-corrected chi connectivity index (χ0v) is 11.8. The Bertz CT molecular complexity index is 407. The average molecular weight is 338 g/mol. The number of unbranched alkanes of at least 4 members (excludes halogenated alkanes) is 3. The molecule has 0 spiro atoms. The van der Waals surface area contributed by atoms with Gasteiger partial charge in [0.15, 0.2) is 6.17 Å². The fourth-order valence-electron chi connectivity index (χ4n) is 1.66. The molecule has 0 heterocycles. The summed E-state index contributed by atoms with van der Waals surface area (Å²) in [5, 5.41) is 8.23. The molecule has 0 aliphatic rings. The fourth-order valence-corrected chi connectivity index (χ4v) is 1.66. The molecule has 0 fully saturated rings. The van der Waals surface area contributed by atoms with E-state index in [0.29, 0.717) is 12.8 Å². The van der Waals surface area contributed by atoms with Gasteiger partial charge in [-0.15, -0.1) is 0 Å². The Morgan fingerprint density at radius 3 is 2.00 bits per heavy atom. The third-order valence-corrected chi connectivity index (χ3v) is 3.15. The van der Waals surface area contributed by atoms with Gasteiger partial charge in [0.05, 0.1) is 0 Å². The van der Waals surface area contributed by atoms with Crippen LogP contribution in [0.3, 0.4) is 0 Å². The third-order valence-electron chi connectivity index (χ3n) is 3.15. The van der Waals surface area contributed by atoms with Crippen molar-refractivity contribution in [2.75, 3.05) is 0 Å². The monoisotopic (exact) mass is 338 g/mol. The highest BCUT2D eigenvalue weighted by Gasteiger charge is 2.75. The van der Waals surface area contributed by atoms with Gasteiger partial charge in [0.25, 0.3) is 0 Å². The van der Waals surface area contributed by atoms with Crippen molar-refractivity contribution in [1.82, 2.24) is 0 Å². The van der Waals surface area contributed by atoms with Crippen LogP contribution in [0.4, 0.5) is 30.7 Å². The van der Waals surface area contributed by atoms with Crippen LogP contribution >= 0.6 is 0 Å². The molecule has 1 unspecified atom stereocenters. The number of rotatable bonds is 10. The summed E-state index contributed by atoms with van der Waals surface area (Å²) in [6, 6.07) is 0. The molecule has 0 aromatic carbocycles. The van der Waals surface area contributed by atoms with Crippen molar-refractivity contribution in [3.63, 3.8) is 0 Å². The van der Waals surface area contributed by atoms with Crippen molar-refractivity contribution in [3.8, 4) is 0 Å². The number of carboxylic acids is 1. The Morgan fingerprint density at radius 2 is 1.59 bits per heavy atom. The van der Waals surface area contributed by atoms with E-state index in [4.69, 9.17) is 5.11 Å². The molecule has 0 rings (SSSR count). The van der Waals surface area contributed by atoms with E-state index >= 15 is 0 Å². The molecule has 0 saturated heterocycles. The summed E-state index contributed by atoms with van der Waals surface area (Å²) in [5.74, 6) is -20.3. The van der Waals surface area contributed by atoms with Gasteiger partial charge in [-0.2, -0.15) is 26.3 Å². The van der Waals surface area contributed by atoms with Gasteiger partial charge in [0, 0.05) is 0 Å². The topological polar surface area (TPSA) is 37.3 Å². The Hall–Kier alpha value is -1.28. The summed E-state index contributed by atoms with van der Waals surface area (Å²) in [6.45, 7) is 3.94. The Balaban J connectivity index is 5.21. The van der Waals surface area contributed by atoms with E-state index < -0.39 is 41.9 Å². The minimum absolute atomic E-state index is 0.174. The lowest BCUT2D eigenvalue weighted by molar-refractivity contribution is -0.313. The van der Waals surface area contributed by atoms with Crippen LogP contribution in [0.2, 0.25) is 0 Å². The van der Waals surface area contributed by atoms with Gasteiger partial charge in [-0.05, 0) is 6.42 Å². The highest BCUT2D eigenvalue weighted by atomic mass is 19.3. The van der Waals surface area contributed by atoms with Crippen LogP contribution in [0.1, 0.15) is 39.0 Å². The van der Waals surface area contributed by atoms with Crippen LogP contribution in [0, 0.1) is 0 Å². The second-order valence-electron chi connectivity index (χ2n) is 4.87. The molecule has 130 valence electrons. The van der Waals surface area contributed by atoms with Crippen molar-refractivity contribution in [3.05, 3.63) is 12.2 Å². The maximum atomic E-state index is 13.4. The van der Waals surface area contributed by atoms with E-state index in [0.717, 1.165) is 0 Å². The van der Waals surface area contributed by atoms with Crippen molar-refractivity contribution in [2.45, 2.75) is 63.0 Å². The first-order valence-electron chi connectivity index (χ1n) is 6.54. The third kappa shape index (κ3) is 3.92. The predicted molar refractivity (Wildman–Crippen MR) is 65.3 cm³/mol. The van der Waals surface area contributed by atoms with Crippen molar-refractivity contribution >= 4 is 5.97 Å². The van der Waals surface area contributed by atoms with E-state index in [-0.39, 0.29) is 12.8 Å². The lowest BCUT2D eigenvalue weighted by Crippen LogP contribution is -2.59. The van der Waals surface area contributed by atoms with Gasteiger partial charge in [-0.3, -0.25) is 0 Å². The first-order chi connectivity index (χ1) is 9.84. The Kier molecular flexibility index (Phi) is 6.90. The van der Waals surface area contributed by atoms with E-state index in [1.165, 1.54) is 0 Å². The zero-order valence-electron chi connectivity index (χ0n) is 11.8. The van der Waals surface area contributed by atoms with E-state index in [1.54, 1.807) is 6.92 Å². The summed E-state index contributed by atoms with van der Waals surface area (Å²) < 4.78 is 93.4. The molecule has 0 radical (unpaired) electrons. The zero-order chi connectivity index (χ0) is 17.8. The summed E-state index contributed by atoms with van der Waals surface area (Å²) in [7, 11) is 0. The van der Waals surface area contributed by atoms with Crippen LogP contribution in [0.15, 0.2) is 12.2 Å². The minimum Gasteiger partial charge on any atom is -0.478 e. The smallest absolute Gasteiger partial charge is 0.379 e. The van der Waals surface area contributed by atoms with Crippen LogP contribution in [-0.4, -0.2) is 35.0 Å². The second kappa shape index (κ2) is 7.32. The van der Waals surface area contributed by atoms with Gasteiger partial charge in [0.2, 0.25) is 0 Å². The molecule has 0 aliphatic carbocycles. The number of alkyl halides is 7. The standard InChI is InChI=1S/C13H17F7O2/c1-3-4-5-6-7-9(14)12(17,18)13(19,20)11(15,16)8(2)10(21)22/h9H,2-7H2,1H3,(H,21,22). The van der Waals surface area contributed by atoms with Gasteiger partial charge < -0.3 is 5.11 Å². The van der Waals surface area contributed by atoms with Crippen molar-refractivity contribution < 1.29 is 40.6 Å². The molecule has 0 aliphatic heterocycles. The van der Waals surface area contributed by atoms with Crippen LogP contribution in [0.5, 0.6) is 0 Å². The molecule has 0 aromatic rings. The summed E-state index contributed by atoms with van der Waals surface area (Å²) in [5.41, 5.74) is -2.42. The molecule has 0 aromatic heterocycles. The number of carbonyl (C=O) groups is 1. The second-order valence-corrected chi connectivity index (χ2v) is 4.87. The van der Waals surface area contributed by atoms with E-state index in [9.17, 15) is 35.5 Å². The molecular weight excluding hydrogens is 321 g/mol. The average Bonchev–Trinajstić information content (AvgIpc) is 2.41. The first kappa shape index (κ1) is 20.7. The number of hydrogen-bond donors (Lipinski definition) is 1. The van der Waals surface area contributed by atoms with Crippen LogP contribution in [-0.2, 0) is 4.79 Å². The van der Waals surface area contributed by atoms with Gasteiger partial charge >= 0.3 is 23.7 Å². The number of carboxylic acid groups (broad SMARTS) is 1. The van der Waals surface area contributed by atoms with Crippen molar-refractivity contribution in [1.29, 1.82) is 0 Å². The molecule has 22 heavy (non-hydrogen) atoms. The molecule has 0 amide bonds. The molecule has 0 bridgehead atoms. The largest absolute Gasteiger partial charge is 0.478 e. The highest BCUT2D eigenvalue weighted by molar-refractivity contribution is 5.88. The Labute approximate surface area is 123 Å². The number of aliphatic carboxylic acids is 1. The molecular formula is C13H17F7O2. The van der Waals surface area contributed by atoms with Gasteiger partial charge in [-0.25, -0.2) is 9.18 Å². The molecule has 0 saturated carbocycles. The maximum Gasteiger partial charge on any atom is 0.379 e. The number of hydrogen-bond acceptors (Lipinski definition) is 1. The van der Waals surface area contributed by atoms with Gasteiger partial charge in [0.1, 0.15) is 5.57 Å². The predicted octanol–water partition coefficient (Wildman–Crippen LogP) is 4.84. The highest BCUT2D eigenvalue weighted by Crippen LogP contribution is 2.51. The maximum absolute atomic E-state index is 13.4. The lowest BCUT2D eigenvalue weighted by Gasteiger charge is -2.34. The summed E-state index contributed by atoms with van der Waals surface area (Å²) in [4.78, 5) is 10.3. The van der Waals surface area contributed by atoms with Crippen LogP contribution in [0.25, 0.3) is 0 Å². The normalized spacial score (nSPS) is 14.7. The molecule has 2 nitrogen and oxygen atoms in total. The molecule has 1 atom stereocenters. The number of halogens is 7. The Morgan fingerprint density at radius 1 is 1.09 bits per heavy atom. The lowest BCUT2D eigenvalue weighted by atomic mass is 9.93. The van der Waals surface area contributed by atoms with Crippen LogP contribution < -0.4 is 0 Å². The quantitative estimate of drug-likeness (QED) is 0.351. The molecule has 1 N–H and O–H groups in total. The summed E-state index contributed by atoms with van der Waals surface area (Å²) >= 11 is 0.